The SMILES string of the molecule is CCc1nc2sc(-c3ccncc3)c(N)c2cc1C. The molecule has 96 valence electrons. The van der Waals surface area contributed by atoms with E-state index in [0.29, 0.717) is 0 Å². The Labute approximate surface area is 116 Å². The number of thiophene rings is 1. The zero-order chi connectivity index (χ0) is 13.4. The Morgan fingerprint density at radius 1 is 1.26 bits per heavy atom. The smallest absolute Gasteiger partial charge is 0.126 e. The van der Waals surface area contributed by atoms with Gasteiger partial charge in [-0.1, -0.05) is 6.92 Å². The van der Waals surface area contributed by atoms with Gasteiger partial charge in [-0.2, -0.15) is 0 Å². The lowest BCUT2D eigenvalue weighted by Gasteiger charge is -2.02. The zero-order valence-electron chi connectivity index (χ0n) is 11.0. The first-order valence-corrected chi connectivity index (χ1v) is 7.11. The van der Waals surface area contributed by atoms with Crippen molar-refractivity contribution >= 4 is 27.2 Å². The van der Waals surface area contributed by atoms with Crippen LogP contribution < -0.4 is 5.73 Å². The molecule has 0 saturated heterocycles. The standard InChI is InChI=1S/C15H15N3S/c1-3-12-9(2)8-11-13(16)14(19-15(11)18-12)10-4-6-17-7-5-10/h4-8H,3,16H2,1-2H3. The number of pyridine rings is 2. The number of aromatic nitrogens is 2. The van der Waals surface area contributed by atoms with Crippen molar-refractivity contribution in [1.82, 2.24) is 9.97 Å². The third-order valence-electron chi connectivity index (χ3n) is 3.29. The summed E-state index contributed by atoms with van der Waals surface area (Å²) in [6.07, 6.45) is 4.52. The number of hydrogen-bond donors (Lipinski definition) is 1. The van der Waals surface area contributed by atoms with Gasteiger partial charge < -0.3 is 5.73 Å². The quantitative estimate of drug-likeness (QED) is 0.769. The highest BCUT2D eigenvalue weighted by Gasteiger charge is 2.13. The molecule has 0 aliphatic carbocycles. The molecule has 0 amide bonds. The van der Waals surface area contributed by atoms with E-state index in [0.717, 1.165) is 38.5 Å². The van der Waals surface area contributed by atoms with Gasteiger partial charge in [-0.25, -0.2) is 4.98 Å². The number of hydrogen-bond acceptors (Lipinski definition) is 4. The van der Waals surface area contributed by atoms with Crippen LogP contribution in [-0.2, 0) is 6.42 Å². The molecular formula is C15H15N3S. The fourth-order valence-electron chi connectivity index (χ4n) is 2.25. The predicted octanol–water partition coefficient (Wildman–Crippen LogP) is 3.81. The maximum absolute atomic E-state index is 6.28. The summed E-state index contributed by atoms with van der Waals surface area (Å²) in [4.78, 5) is 10.9. The summed E-state index contributed by atoms with van der Waals surface area (Å²) in [7, 11) is 0. The van der Waals surface area contributed by atoms with Crippen LogP contribution >= 0.6 is 11.3 Å². The van der Waals surface area contributed by atoms with Gasteiger partial charge in [-0.3, -0.25) is 4.98 Å². The van der Waals surface area contributed by atoms with Crippen LogP contribution in [0.4, 0.5) is 5.69 Å². The second-order valence-electron chi connectivity index (χ2n) is 4.54. The number of fused-ring (bicyclic) bond motifs is 1. The minimum Gasteiger partial charge on any atom is -0.397 e. The zero-order valence-corrected chi connectivity index (χ0v) is 11.8. The fourth-order valence-corrected chi connectivity index (χ4v) is 3.35. The first-order valence-electron chi connectivity index (χ1n) is 6.29. The molecule has 3 rings (SSSR count). The molecular weight excluding hydrogens is 254 g/mol. The van der Waals surface area contributed by atoms with E-state index in [1.54, 1.807) is 23.7 Å². The van der Waals surface area contributed by atoms with Gasteiger partial charge in [0.1, 0.15) is 4.83 Å². The Morgan fingerprint density at radius 3 is 2.68 bits per heavy atom. The first-order chi connectivity index (χ1) is 9.20. The Hall–Kier alpha value is -1.94. The molecule has 0 radical (unpaired) electrons. The molecule has 0 fully saturated rings. The lowest BCUT2D eigenvalue weighted by Crippen LogP contribution is -1.92. The molecule has 0 atom stereocenters. The van der Waals surface area contributed by atoms with Crippen LogP contribution in [0.25, 0.3) is 20.7 Å². The van der Waals surface area contributed by atoms with Gasteiger partial charge in [0.05, 0.1) is 10.6 Å². The Morgan fingerprint density at radius 2 is 2.00 bits per heavy atom. The van der Waals surface area contributed by atoms with E-state index in [4.69, 9.17) is 10.7 Å². The normalized spacial score (nSPS) is 11.1. The molecule has 0 aromatic carbocycles. The minimum absolute atomic E-state index is 0.824. The van der Waals surface area contributed by atoms with Crippen molar-refractivity contribution in [2.24, 2.45) is 0 Å². The Bertz CT molecular complexity index is 732. The lowest BCUT2D eigenvalue weighted by atomic mass is 10.1. The second-order valence-corrected chi connectivity index (χ2v) is 5.54. The van der Waals surface area contributed by atoms with Gasteiger partial charge in [0.25, 0.3) is 0 Å². The topological polar surface area (TPSA) is 51.8 Å². The molecule has 0 unspecified atom stereocenters. The summed E-state index contributed by atoms with van der Waals surface area (Å²) in [5.41, 5.74) is 10.6. The minimum atomic E-state index is 0.824. The molecule has 0 spiro atoms. The number of nitrogens with zero attached hydrogens (tertiary/aromatic N) is 2. The summed E-state index contributed by atoms with van der Waals surface area (Å²) in [5, 5.41) is 1.06. The highest BCUT2D eigenvalue weighted by molar-refractivity contribution is 7.22. The highest BCUT2D eigenvalue weighted by Crippen LogP contribution is 2.40. The third-order valence-corrected chi connectivity index (χ3v) is 4.46. The van der Waals surface area contributed by atoms with Gasteiger partial charge in [-0.15, -0.1) is 11.3 Å². The van der Waals surface area contributed by atoms with Crippen molar-refractivity contribution < 1.29 is 0 Å². The molecule has 3 aromatic rings. The van der Waals surface area contributed by atoms with E-state index in [1.807, 2.05) is 12.1 Å². The summed E-state index contributed by atoms with van der Waals surface area (Å²) < 4.78 is 0. The van der Waals surface area contributed by atoms with Crippen LogP contribution in [0.2, 0.25) is 0 Å². The number of aryl methyl sites for hydroxylation is 2. The lowest BCUT2D eigenvalue weighted by molar-refractivity contribution is 1.03. The number of nitrogen functional groups attached to an aromatic ring is 1. The van der Waals surface area contributed by atoms with Crippen LogP contribution in [0, 0.1) is 6.92 Å². The predicted molar refractivity (Wildman–Crippen MR) is 81.4 cm³/mol. The van der Waals surface area contributed by atoms with Gasteiger partial charge in [0.15, 0.2) is 0 Å². The van der Waals surface area contributed by atoms with Crippen molar-refractivity contribution in [2.75, 3.05) is 5.73 Å². The molecule has 0 saturated carbocycles. The van der Waals surface area contributed by atoms with E-state index in [1.165, 1.54) is 5.56 Å². The van der Waals surface area contributed by atoms with Crippen LogP contribution in [0.5, 0.6) is 0 Å². The van der Waals surface area contributed by atoms with Crippen LogP contribution in [0.1, 0.15) is 18.2 Å². The van der Waals surface area contributed by atoms with Gasteiger partial charge in [0.2, 0.25) is 0 Å². The Balaban J connectivity index is 2.26. The van der Waals surface area contributed by atoms with Crippen molar-refractivity contribution in [1.29, 1.82) is 0 Å². The molecule has 0 aliphatic rings. The van der Waals surface area contributed by atoms with Crippen LogP contribution in [-0.4, -0.2) is 9.97 Å². The molecule has 4 heteroatoms. The Kier molecular flexibility index (Phi) is 2.95. The molecule has 0 aliphatic heterocycles. The monoisotopic (exact) mass is 269 g/mol. The van der Waals surface area contributed by atoms with Gasteiger partial charge in [0, 0.05) is 23.5 Å². The van der Waals surface area contributed by atoms with Crippen molar-refractivity contribution in [3.05, 3.63) is 41.9 Å². The molecule has 19 heavy (non-hydrogen) atoms. The maximum atomic E-state index is 6.28. The third kappa shape index (κ3) is 1.98. The average Bonchev–Trinajstić information content (AvgIpc) is 2.76. The van der Waals surface area contributed by atoms with Crippen molar-refractivity contribution in [2.45, 2.75) is 20.3 Å². The first kappa shape index (κ1) is 12.1. The summed E-state index contributed by atoms with van der Waals surface area (Å²) in [6, 6.07) is 6.11. The van der Waals surface area contributed by atoms with E-state index in [9.17, 15) is 0 Å². The molecule has 2 N–H and O–H groups in total. The van der Waals surface area contributed by atoms with E-state index in [-0.39, 0.29) is 0 Å². The summed E-state index contributed by atoms with van der Waals surface area (Å²) >= 11 is 1.65. The van der Waals surface area contributed by atoms with E-state index >= 15 is 0 Å². The largest absolute Gasteiger partial charge is 0.397 e. The van der Waals surface area contributed by atoms with Gasteiger partial charge in [-0.05, 0) is 42.7 Å². The average molecular weight is 269 g/mol. The van der Waals surface area contributed by atoms with Gasteiger partial charge >= 0.3 is 0 Å². The van der Waals surface area contributed by atoms with E-state index < -0.39 is 0 Å². The molecule has 0 bridgehead atoms. The summed E-state index contributed by atoms with van der Waals surface area (Å²) in [6.45, 7) is 4.22. The number of anilines is 1. The highest BCUT2D eigenvalue weighted by atomic mass is 32.1. The molecule has 3 aromatic heterocycles. The second kappa shape index (κ2) is 4.63. The molecule has 3 nitrogen and oxygen atoms in total. The fraction of sp³-hybridized carbons (Fsp3) is 0.200. The number of nitrogens with two attached hydrogens (primary N) is 1. The maximum Gasteiger partial charge on any atom is 0.126 e. The van der Waals surface area contributed by atoms with Crippen LogP contribution in [0.15, 0.2) is 30.6 Å². The number of rotatable bonds is 2. The van der Waals surface area contributed by atoms with Crippen molar-refractivity contribution in [3.8, 4) is 10.4 Å². The van der Waals surface area contributed by atoms with Crippen LogP contribution in [0.3, 0.4) is 0 Å². The van der Waals surface area contributed by atoms with E-state index in [2.05, 4.69) is 24.9 Å². The molecule has 3 heterocycles. The summed E-state index contributed by atoms with van der Waals surface area (Å²) in [5.74, 6) is 0. The van der Waals surface area contributed by atoms with Crippen molar-refractivity contribution in [3.63, 3.8) is 0 Å².